The van der Waals surface area contributed by atoms with Gasteiger partial charge in [-0.2, -0.15) is 5.10 Å². The van der Waals surface area contributed by atoms with Gasteiger partial charge in [0, 0.05) is 0 Å². The first-order valence-corrected chi connectivity index (χ1v) is 5.98. The van der Waals surface area contributed by atoms with Crippen molar-refractivity contribution in [2.24, 2.45) is 0 Å². The first-order valence-electron chi connectivity index (χ1n) is 5.22. The molecule has 0 fully saturated rings. The summed E-state index contributed by atoms with van der Waals surface area (Å²) in [6, 6.07) is 6.24. The van der Waals surface area contributed by atoms with Crippen molar-refractivity contribution in [3.63, 3.8) is 0 Å². The molecule has 0 saturated carbocycles. The van der Waals surface area contributed by atoms with Gasteiger partial charge in [-0.1, -0.05) is 35.3 Å². The molecule has 19 heavy (non-hydrogen) atoms. The van der Waals surface area contributed by atoms with E-state index >= 15 is 0 Å². The van der Waals surface area contributed by atoms with Crippen LogP contribution < -0.4 is 5.56 Å². The van der Waals surface area contributed by atoms with E-state index in [0.717, 1.165) is 4.68 Å². The molecule has 2 rings (SSSR count). The Hall–Kier alpha value is -1.85. The van der Waals surface area contributed by atoms with Gasteiger partial charge in [-0.05, 0) is 17.7 Å². The van der Waals surface area contributed by atoms with Crippen molar-refractivity contribution in [3.8, 4) is 0 Å². The van der Waals surface area contributed by atoms with Gasteiger partial charge in [0.25, 0.3) is 5.56 Å². The van der Waals surface area contributed by atoms with Crippen LogP contribution in [0.1, 0.15) is 15.9 Å². The predicted molar refractivity (Wildman–Crippen MR) is 71.0 cm³/mol. The quantitative estimate of drug-likeness (QED) is 0.944. The van der Waals surface area contributed by atoms with E-state index in [9.17, 15) is 9.59 Å². The van der Waals surface area contributed by atoms with Gasteiger partial charge < -0.3 is 5.11 Å². The van der Waals surface area contributed by atoms with E-state index in [1.165, 1.54) is 18.3 Å². The lowest BCUT2D eigenvalue weighted by Gasteiger charge is -2.06. The molecule has 2 aromatic rings. The molecular formula is C12H8Cl2N2O3. The average Bonchev–Trinajstić information content (AvgIpc) is 2.40. The fourth-order valence-electron chi connectivity index (χ4n) is 1.53. The van der Waals surface area contributed by atoms with Gasteiger partial charge in [-0.15, -0.1) is 0 Å². The maximum absolute atomic E-state index is 11.8. The maximum Gasteiger partial charge on any atom is 0.335 e. The first-order chi connectivity index (χ1) is 8.99. The summed E-state index contributed by atoms with van der Waals surface area (Å²) in [5.41, 5.74) is 0.258. The molecule has 5 nitrogen and oxygen atoms in total. The molecule has 0 atom stereocenters. The standard InChI is InChI=1S/C12H8Cl2N2O3/c13-9-5-15-16(11(17)10(9)14)6-7-2-1-3-8(4-7)12(18)19/h1-5H,6H2,(H,18,19). The van der Waals surface area contributed by atoms with Gasteiger partial charge in [0.15, 0.2) is 0 Å². The Bertz CT molecular complexity index is 698. The molecular weight excluding hydrogens is 291 g/mol. The molecule has 0 aliphatic carbocycles. The summed E-state index contributed by atoms with van der Waals surface area (Å²) in [5, 5.41) is 12.7. The van der Waals surface area contributed by atoms with Crippen molar-refractivity contribution in [3.05, 3.63) is 62.0 Å². The van der Waals surface area contributed by atoms with E-state index < -0.39 is 11.5 Å². The summed E-state index contributed by atoms with van der Waals surface area (Å²) in [7, 11) is 0. The molecule has 0 unspecified atom stereocenters. The van der Waals surface area contributed by atoms with Crippen LogP contribution in [-0.2, 0) is 6.54 Å². The van der Waals surface area contributed by atoms with E-state index in [0.29, 0.717) is 5.56 Å². The Balaban J connectivity index is 2.37. The average molecular weight is 299 g/mol. The van der Waals surface area contributed by atoms with Crippen molar-refractivity contribution in [1.29, 1.82) is 0 Å². The van der Waals surface area contributed by atoms with E-state index in [2.05, 4.69) is 5.10 Å². The molecule has 1 N–H and O–H groups in total. The zero-order chi connectivity index (χ0) is 14.0. The van der Waals surface area contributed by atoms with E-state index in [1.807, 2.05) is 0 Å². The second-order valence-corrected chi connectivity index (χ2v) is 4.56. The van der Waals surface area contributed by atoms with Crippen molar-refractivity contribution >= 4 is 29.2 Å². The molecule has 0 bridgehead atoms. The highest BCUT2D eigenvalue weighted by Gasteiger charge is 2.09. The summed E-state index contributed by atoms with van der Waals surface area (Å²) in [6.45, 7) is 0.122. The summed E-state index contributed by atoms with van der Waals surface area (Å²) in [5.74, 6) is -1.03. The van der Waals surface area contributed by atoms with Crippen LogP contribution >= 0.6 is 23.2 Å². The Morgan fingerprint density at radius 3 is 2.79 bits per heavy atom. The van der Waals surface area contributed by atoms with Crippen LogP contribution in [0.15, 0.2) is 35.3 Å². The highest BCUT2D eigenvalue weighted by Crippen LogP contribution is 2.15. The van der Waals surface area contributed by atoms with Crippen LogP contribution in [0, 0.1) is 0 Å². The maximum atomic E-state index is 11.8. The van der Waals surface area contributed by atoms with Crippen molar-refractivity contribution < 1.29 is 9.90 Å². The highest BCUT2D eigenvalue weighted by atomic mass is 35.5. The monoisotopic (exact) mass is 298 g/mol. The molecule has 0 aliphatic heterocycles. The molecule has 1 heterocycles. The van der Waals surface area contributed by atoms with Crippen molar-refractivity contribution in [2.75, 3.05) is 0 Å². The second-order valence-electron chi connectivity index (χ2n) is 3.77. The zero-order valence-corrected chi connectivity index (χ0v) is 11.0. The number of carboxylic acids is 1. The van der Waals surface area contributed by atoms with Crippen LogP contribution in [0.2, 0.25) is 10.0 Å². The number of nitrogens with zero attached hydrogens (tertiary/aromatic N) is 2. The smallest absolute Gasteiger partial charge is 0.335 e. The van der Waals surface area contributed by atoms with Crippen LogP contribution in [0.3, 0.4) is 0 Å². The highest BCUT2D eigenvalue weighted by molar-refractivity contribution is 6.41. The molecule has 0 amide bonds. The number of hydrogen-bond acceptors (Lipinski definition) is 3. The van der Waals surface area contributed by atoms with Gasteiger partial charge in [0.2, 0.25) is 0 Å². The molecule has 98 valence electrons. The number of benzene rings is 1. The second kappa shape index (κ2) is 5.42. The number of carboxylic acid groups (broad SMARTS) is 1. The minimum absolute atomic E-state index is 0.0854. The summed E-state index contributed by atoms with van der Waals surface area (Å²) in [4.78, 5) is 22.6. The van der Waals surface area contributed by atoms with Gasteiger partial charge in [-0.3, -0.25) is 4.79 Å². The Kier molecular flexibility index (Phi) is 3.87. The number of rotatable bonds is 3. The third kappa shape index (κ3) is 2.94. The number of aromatic carboxylic acids is 1. The third-order valence-corrected chi connectivity index (χ3v) is 3.20. The molecule has 1 aromatic heterocycles. The van der Waals surface area contributed by atoms with Crippen LogP contribution in [0.4, 0.5) is 0 Å². The largest absolute Gasteiger partial charge is 0.478 e. The number of aromatic nitrogens is 2. The summed E-state index contributed by atoms with van der Waals surface area (Å²) >= 11 is 11.4. The molecule has 1 aromatic carbocycles. The van der Waals surface area contributed by atoms with Crippen molar-refractivity contribution in [1.82, 2.24) is 9.78 Å². The van der Waals surface area contributed by atoms with E-state index in [-0.39, 0.29) is 22.2 Å². The number of carbonyl (C=O) groups is 1. The summed E-state index contributed by atoms with van der Waals surface area (Å²) in [6.07, 6.45) is 1.27. The topological polar surface area (TPSA) is 72.2 Å². The molecule has 0 radical (unpaired) electrons. The molecule has 7 heteroatoms. The Labute approximate surface area is 118 Å². The fourth-order valence-corrected chi connectivity index (χ4v) is 1.80. The van der Waals surface area contributed by atoms with Crippen LogP contribution in [0.5, 0.6) is 0 Å². The lowest BCUT2D eigenvalue weighted by atomic mass is 10.1. The van der Waals surface area contributed by atoms with Gasteiger partial charge in [0.05, 0.1) is 23.3 Å². The molecule has 0 saturated heterocycles. The van der Waals surface area contributed by atoms with E-state index in [1.54, 1.807) is 12.1 Å². The normalized spacial score (nSPS) is 10.4. The third-order valence-electron chi connectivity index (χ3n) is 2.45. The fraction of sp³-hybridized carbons (Fsp3) is 0.0833. The Morgan fingerprint density at radius 1 is 1.37 bits per heavy atom. The Morgan fingerprint density at radius 2 is 2.11 bits per heavy atom. The SMILES string of the molecule is O=C(O)c1cccc(Cn2ncc(Cl)c(Cl)c2=O)c1. The first kappa shape index (κ1) is 13.6. The number of halogens is 2. The number of hydrogen-bond donors (Lipinski definition) is 1. The zero-order valence-electron chi connectivity index (χ0n) is 9.51. The predicted octanol–water partition coefficient (Wildman–Crippen LogP) is 2.30. The van der Waals surface area contributed by atoms with Crippen molar-refractivity contribution in [2.45, 2.75) is 6.54 Å². The van der Waals surface area contributed by atoms with E-state index in [4.69, 9.17) is 28.3 Å². The minimum Gasteiger partial charge on any atom is -0.478 e. The van der Waals surface area contributed by atoms with Gasteiger partial charge >= 0.3 is 5.97 Å². The minimum atomic E-state index is -1.03. The van der Waals surface area contributed by atoms with Crippen LogP contribution in [-0.4, -0.2) is 20.9 Å². The summed E-state index contributed by atoms with van der Waals surface area (Å²) < 4.78 is 1.12. The van der Waals surface area contributed by atoms with Gasteiger partial charge in [-0.25, -0.2) is 9.48 Å². The van der Waals surface area contributed by atoms with Gasteiger partial charge in [0.1, 0.15) is 5.02 Å². The van der Waals surface area contributed by atoms with Crippen LogP contribution in [0.25, 0.3) is 0 Å². The lowest BCUT2D eigenvalue weighted by Crippen LogP contribution is -2.23. The molecule has 0 aliphatic rings. The lowest BCUT2D eigenvalue weighted by molar-refractivity contribution is 0.0696. The molecule has 0 spiro atoms.